The van der Waals surface area contributed by atoms with Crippen LogP contribution in [0.4, 0.5) is 0 Å². The lowest BCUT2D eigenvalue weighted by molar-refractivity contribution is 0.0662. The Bertz CT molecular complexity index is 1130. The van der Waals surface area contributed by atoms with Gasteiger partial charge < -0.3 is 29.9 Å². The van der Waals surface area contributed by atoms with Gasteiger partial charge in [-0.05, 0) is 11.1 Å². The van der Waals surface area contributed by atoms with Gasteiger partial charge in [0, 0.05) is 24.3 Å². The number of carboxylic acids is 4. The maximum atomic E-state index is 11.2. The van der Waals surface area contributed by atoms with E-state index in [-0.39, 0.29) is 24.7 Å². The molecule has 0 unspecified atom stereocenters. The number of pyridine rings is 2. The smallest absolute Gasteiger partial charge is 0.354 e. The number of aromatic nitrogens is 2. The van der Waals surface area contributed by atoms with Crippen LogP contribution in [0.25, 0.3) is 0 Å². The Labute approximate surface area is 190 Å². The van der Waals surface area contributed by atoms with Gasteiger partial charge in [-0.25, -0.2) is 29.1 Å². The van der Waals surface area contributed by atoms with E-state index in [0.29, 0.717) is 11.1 Å². The molecule has 2 aromatic heterocycles. The highest BCUT2D eigenvalue weighted by atomic mass is 16.5. The van der Waals surface area contributed by atoms with Crippen molar-refractivity contribution in [3.63, 3.8) is 0 Å². The van der Waals surface area contributed by atoms with E-state index in [2.05, 4.69) is 9.97 Å². The molecule has 0 bridgehead atoms. The number of nitrogens with zero attached hydrogens (tertiary/aromatic N) is 2. The fraction of sp³-hybridized carbons (Fsp3) is 0.0909. The number of carbonyl (C=O) groups is 4. The standard InChI is InChI=1S/C22H16N2O10/c25-19(26)15-5-13(6-16(23-15)20(27)28)33-9-11-3-1-2-4-12(11)10-34-14-7-17(21(29)30)24-18(8-14)22(31)32/h1-8H,9-10H2,(H,25,26)(H,27,28)(H,29,30)(H,31,32). The van der Waals surface area contributed by atoms with Crippen LogP contribution in [-0.4, -0.2) is 54.3 Å². The first-order valence-electron chi connectivity index (χ1n) is 9.43. The van der Waals surface area contributed by atoms with Crippen molar-refractivity contribution in [1.29, 1.82) is 0 Å². The Hall–Kier alpha value is -5.00. The molecule has 0 radical (unpaired) electrons. The van der Waals surface area contributed by atoms with Gasteiger partial charge in [-0.2, -0.15) is 0 Å². The predicted octanol–water partition coefficient (Wildman–Crippen LogP) is 2.43. The average Bonchev–Trinajstić information content (AvgIpc) is 2.81. The Morgan fingerprint density at radius 3 is 1.15 bits per heavy atom. The van der Waals surface area contributed by atoms with Crippen LogP contribution < -0.4 is 9.47 Å². The first kappa shape index (κ1) is 23.7. The van der Waals surface area contributed by atoms with Crippen LogP contribution in [0, 0.1) is 0 Å². The summed E-state index contributed by atoms with van der Waals surface area (Å²) in [6.07, 6.45) is 0. The molecule has 3 aromatic rings. The number of benzene rings is 1. The first-order valence-corrected chi connectivity index (χ1v) is 9.43. The molecular formula is C22H16N2O10. The topological polar surface area (TPSA) is 193 Å². The van der Waals surface area contributed by atoms with Crippen LogP contribution in [0.3, 0.4) is 0 Å². The first-order chi connectivity index (χ1) is 16.1. The number of carboxylic acid groups (broad SMARTS) is 4. The molecule has 12 nitrogen and oxygen atoms in total. The molecule has 174 valence electrons. The predicted molar refractivity (Wildman–Crippen MR) is 111 cm³/mol. The summed E-state index contributed by atoms with van der Waals surface area (Å²) in [5, 5.41) is 36.5. The van der Waals surface area contributed by atoms with E-state index >= 15 is 0 Å². The van der Waals surface area contributed by atoms with Gasteiger partial charge in [0.1, 0.15) is 24.7 Å². The van der Waals surface area contributed by atoms with Crippen LogP contribution in [-0.2, 0) is 13.2 Å². The molecule has 0 fully saturated rings. The van der Waals surface area contributed by atoms with Gasteiger partial charge in [0.2, 0.25) is 0 Å². The molecule has 12 heteroatoms. The van der Waals surface area contributed by atoms with E-state index in [4.69, 9.17) is 29.9 Å². The molecule has 0 saturated carbocycles. The van der Waals surface area contributed by atoms with Crippen LogP contribution in [0.1, 0.15) is 53.1 Å². The molecule has 0 aliphatic heterocycles. The Balaban J connectivity index is 1.79. The van der Waals surface area contributed by atoms with Crippen molar-refractivity contribution in [3.8, 4) is 11.5 Å². The van der Waals surface area contributed by atoms with Gasteiger partial charge in [0.15, 0.2) is 22.8 Å². The number of rotatable bonds is 10. The molecule has 3 rings (SSSR count). The van der Waals surface area contributed by atoms with Gasteiger partial charge in [-0.3, -0.25) is 0 Å². The molecule has 0 atom stereocenters. The summed E-state index contributed by atoms with van der Waals surface area (Å²) in [4.78, 5) is 51.8. The SMILES string of the molecule is O=C(O)c1cc(OCc2ccccc2COc2cc(C(=O)O)nc(C(=O)O)c2)cc(C(=O)O)n1. The minimum Gasteiger partial charge on any atom is -0.489 e. The molecule has 0 saturated heterocycles. The zero-order chi connectivity index (χ0) is 24.8. The van der Waals surface area contributed by atoms with E-state index in [9.17, 15) is 19.2 Å². The quantitative estimate of drug-likeness (QED) is 0.340. The van der Waals surface area contributed by atoms with E-state index in [0.717, 1.165) is 24.3 Å². The van der Waals surface area contributed by atoms with Crippen LogP contribution >= 0.6 is 0 Å². The van der Waals surface area contributed by atoms with Crippen LogP contribution in [0.5, 0.6) is 11.5 Å². The zero-order valence-electron chi connectivity index (χ0n) is 17.2. The number of aromatic carboxylic acids is 4. The Morgan fingerprint density at radius 2 is 0.882 bits per heavy atom. The molecule has 4 N–H and O–H groups in total. The highest BCUT2D eigenvalue weighted by Gasteiger charge is 2.16. The van der Waals surface area contributed by atoms with Crippen molar-refractivity contribution in [2.24, 2.45) is 0 Å². The van der Waals surface area contributed by atoms with E-state index in [1.165, 1.54) is 0 Å². The molecule has 0 amide bonds. The maximum absolute atomic E-state index is 11.2. The normalized spacial score (nSPS) is 10.4. The lowest BCUT2D eigenvalue weighted by Crippen LogP contribution is -2.10. The molecule has 0 spiro atoms. The zero-order valence-corrected chi connectivity index (χ0v) is 17.2. The Morgan fingerprint density at radius 1 is 0.588 bits per heavy atom. The highest BCUT2D eigenvalue weighted by Crippen LogP contribution is 2.21. The van der Waals surface area contributed by atoms with E-state index in [1.807, 2.05) is 0 Å². The molecular weight excluding hydrogens is 452 g/mol. The fourth-order valence-corrected chi connectivity index (χ4v) is 2.78. The van der Waals surface area contributed by atoms with Gasteiger partial charge in [-0.1, -0.05) is 24.3 Å². The molecule has 0 aliphatic rings. The highest BCUT2D eigenvalue weighted by molar-refractivity contribution is 5.91. The second-order valence-electron chi connectivity index (χ2n) is 6.71. The minimum absolute atomic E-state index is 0.0214. The van der Waals surface area contributed by atoms with E-state index < -0.39 is 46.7 Å². The molecule has 34 heavy (non-hydrogen) atoms. The number of hydrogen-bond acceptors (Lipinski definition) is 8. The summed E-state index contributed by atoms with van der Waals surface area (Å²) < 4.78 is 11.2. The van der Waals surface area contributed by atoms with Crippen molar-refractivity contribution in [2.45, 2.75) is 13.2 Å². The largest absolute Gasteiger partial charge is 0.489 e. The minimum atomic E-state index is -1.42. The number of hydrogen-bond donors (Lipinski definition) is 4. The second kappa shape index (κ2) is 10.1. The monoisotopic (exact) mass is 468 g/mol. The van der Waals surface area contributed by atoms with Crippen molar-refractivity contribution in [1.82, 2.24) is 9.97 Å². The molecule has 0 aliphatic carbocycles. The third kappa shape index (κ3) is 5.82. The van der Waals surface area contributed by atoms with Crippen molar-refractivity contribution in [3.05, 3.63) is 82.4 Å². The molecule has 2 heterocycles. The van der Waals surface area contributed by atoms with Gasteiger partial charge in [-0.15, -0.1) is 0 Å². The third-order valence-electron chi connectivity index (χ3n) is 4.38. The lowest BCUT2D eigenvalue weighted by Gasteiger charge is -2.13. The van der Waals surface area contributed by atoms with Crippen molar-refractivity contribution >= 4 is 23.9 Å². The van der Waals surface area contributed by atoms with Crippen molar-refractivity contribution < 1.29 is 49.1 Å². The van der Waals surface area contributed by atoms with Crippen LogP contribution in [0.15, 0.2) is 48.5 Å². The van der Waals surface area contributed by atoms with Gasteiger partial charge in [0.25, 0.3) is 0 Å². The van der Waals surface area contributed by atoms with Crippen molar-refractivity contribution in [2.75, 3.05) is 0 Å². The fourth-order valence-electron chi connectivity index (χ4n) is 2.78. The average molecular weight is 468 g/mol. The van der Waals surface area contributed by atoms with E-state index in [1.54, 1.807) is 24.3 Å². The summed E-state index contributed by atoms with van der Waals surface area (Å²) in [7, 11) is 0. The third-order valence-corrected chi connectivity index (χ3v) is 4.38. The summed E-state index contributed by atoms with van der Waals surface area (Å²) in [5.41, 5.74) is -0.779. The summed E-state index contributed by atoms with van der Waals surface area (Å²) >= 11 is 0. The number of ether oxygens (including phenoxy) is 2. The van der Waals surface area contributed by atoms with Crippen LogP contribution in [0.2, 0.25) is 0 Å². The Kier molecular flexibility index (Phi) is 7.01. The maximum Gasteiger partial charge on any atom is 0.354 e. The summed E-state index contributed by atoms with van der Waals surface area (Å²) in [5.74, 6) is -5.71. The summed E-state index contributed by atoms with van der Waals surface area (Å²) in [6.45, 7) is -0.169. The molecule has 1 aromatic carbocycles. The second-order valence-corrected chi connectivity index (χ2v) is 6.71. The van der Waals surface area contributed by atoms with Gasteiger partial charge >= 0.3 is 23.9 Å². The summed E-state index contributed by atoms with van der Waals surface area (Å²) in [6, 6.07) is 11.1. The van der Waals surface area contributed by atoms with Gasteiger partial charge in [0.05, 0.1) is 0 Å². The lowest BCUT2D eigenvalue weighted by atomic mass is 10.1.